The zero-order chi connectivity index (χ0) is 19.6. The van der Waals surface area contributed by atoms with Crippen molar-refractivity contribution in [3.63, 3.8) is 0 Å². The molecule has 0 spiro atoms. The maximum atomic E-state index is 12.8. The van der Waals surface area contributed by atoms with Crippen LogP contribution in [0.4, 0.5) is 0 Å². The summed E-state index contributed by atoms with van der Waals surface area (Å²) in [5.74, 6) is 0.737. The zero-order valence-corrected chi connectivity index (χ0v) is 16.9. The van der Waals surface area contributed by atoms with Gasteiger partial charge in [0.25, 0.3) is 5.91 Å². The van der Waals surface area contributed by atoms with E-state index in [1.165, 1.54) is 19.3 Å². The Hall–Kier alpha value is -2.05. The van der Waals surface area contributed by atoms with Crippen LogP contribution in [0.5, 0.6) is 5.75 Å². The molecule has 4 rings (SSSR count). The molecule has 1 amide bonds. The van der Waals surface area contributed by atoms with E-state index >= 15 is 0 Å². The number of ether oxygens (including phenoxy) is 2. The molecule has 2 heterocycles. The second kappa shape index (κ2) is 8.13. The Labute approximate surface area is 166 Å². The predicted octanol–water partition coefficient (Wildman–Crippen LogP) is 3.33. The van der Waals surface area contributed by atoms with Crippen LogP contribution in [0.1, 0.15) is 49.5 Å². The van der Waals surface area contributed by atoms with Crippen LogP contribution < -0.4 is 10.1 Å². The lowest BCUT2D eigenvalue weighted by molar-refractivity contribution is -0.0116. The number of rotatable bonds is 7. The van der Waals surface area contributed by atoms with Gasteiger partial charge in [-0.15, -0.1) is 0 Å². The average molecular weight is 386 g/mol. The van der Waals surface area contributed by atoms with Crippen LogP contribution >= 0.6 is 0 Å². The van der Waals surface area contributed by atoms with Crippen molar-refractivity contribution in [3.05, 3.63) is 30.0 Å². The number of nitrogens with zero attached hydrogens (tertiary/aromatic N) is 1. The lowest BCUT2D eigenvalue weighted by Crippen LogP contribution is -2.53. The second-order valence-corrected chi connectivity index (χ2v) is 8.42. The van der Waals surface area contributed by atoms with Crippen LogP contribution in [0, 0.1) is 0 Å². The van der Waals surface area contributed by atoms with Gasteiger partial charge in [0.05, 0.1) is 19.8 Å². The van der Waals surface area contributed by atoms with Gasteiger partial charge in [0.2, 0.25) is 0 Å². The molecule has 0 bridgehead atoms. The van der Waals surface area contributed by atoms with Gasteiger partial charge in [0, 0.05) is 42.1 Å². The highest BCUT2D eigenvalue weighted by Gasteiger charge is 2.32. The van der Waals surface area contributed by atoms with Gasteiger partial charge in [-0.2, -0.15) is 0 Å². The molecule has 2 aromatic rings. The maximum absolute atomic E-state index is 12.8. The first-order valence-electron chi connectivity index (χ1n) is 10.4. The van der Waals surface area contributed by atoms with Crippen molar-refractivity contribution in [2.45, 2.75) is 50.7 Å². The van der Waals surface area contributed by atoms with Crippen molar-refractivity contribution < 1.29 is 14.3 Å². The Morgan fingerprint density at radius 1 is 1.29 bits per heavy atom. The number of carbonyl (C=O) groups excluding carboxylic acids is 1. The van der Waals surface area contributed by atoms with E-state index < -0.39 is 0 Å². The Kier molecular flexibility index (Phi) is 5.60. The number of aromatic nitrogens is 1. The summed E-state index contributed by atoms with van der Waals surface area (Å²) in [6.45, 7) is 5.96. The van der Waals surface area contributed by atoms with E-state index in [0.717, 1.165) is 55.7 Å². The van der Waals surface area contributed by atoms with Crippen LogP contribution in [0.15, 0.2) is 24.3 Å². The van der Waals surface area contributed by atoms with E-state index in [-0.39, 0.29) is 11.4 Å². The van der Waals surface area contributed by atoms with Gasteiger partial charge < -0.3 is 24.7 Å². The van der Waals surface area contributed by atoms with E-state index in [1.807, 2.05) is 24.3 Å². The number of amides is 1. The number of hydrogen-bond acceptors (Lipinski definition) is 4. The molecule has 1 saturated heterocycles. The molecule has 2 N–H and O–H groups in total. The molecule has 0 radical (unpaired) electrons. The third-order valence-electron chi connectivity index (χ3n) is 6.26. The minimum absolute atomic E-state index is 0.0422. The first kappa shape index (κ1) is 19.3. The fraction of sp³-hybridized carbons (Fsp3) is 0.591. The quantitative estimate of drug-likeness (QED) is 0.767. The van der Waals surface area contributed by atoms with Gasteiger partial charge in [0.15, 0.2) is 0 Å². The SMILES string of the molecule is COc1ccc2cc(C(=O)NC3(C)CCN(CCOC4CCC4)CC3)[nH]c2c1. The normalized spacial score (nSPS) is 20.1. The van der Waals surface area contributed by atoms with Crippen LogP contribution in [-0.2, 0) is 4.74 Å². The fourth-order valence-corrected chi connectivity index (χ4v) is 3.98. The number of hydrogen-bond donors (Lipinski definition) is 2. The van der Waals surface area contributed by atoms with Crippen molar-refractivity contribution >= 4 is 16.8 Å². The smallest absolute Gasteiger partial charge is 0.268 e. The number of piperidine rings is 1. The van der Waals surface area contributed by atoms with Crippen LogP contribution in [0.3, 0.4) is 0 Å². The summed E-state index contributed by atoms with van der Waals surface area (Å²) in [4.78, 5) is 18.5. The summed E-state index contributed by atoms with van der Waals surface area (Å²) in [6.07, 6.45) is 6.18. The number of aromatic amines is 1. The van der Waals surface area contributed by atoms with Crippen LogP contribution in [0.2, 0.25) is 0 Å². The minimum Gasteiger partial charge on any atom is -0.497 e. The molecular weight excluding hydrogens is 354 g/mol. The van der Waals surface area contributed by atoms with E-state index in [1.54, 1.807) is 7.11 Å². The summed E-state index contributed by atoms with van der Waals surface area (Å²) in [5.41, 5.74) is 1.34. The van der Waals surface area contributed by atoms with Crippen molar-refractivity contribution in [1.29, 1.82) is 0 Å². The lowest BCUT2D eigenvalue weighted by Gasteiger charge is -2.40. The predicted molar refractivity (Wildman–Crippen MR) is 110 cm³/mol. The van der Waals surface area contributed by atoms with Crippen LogP contribution in [0.25, 0.3) is 10.9 Å². The summed E-state index contributed by atoms with van der Waals surface area (Å²) < 4.78 is 11.1. The standard InChI is InChI=1S/C22H31N3O3/c1-22(8-10-25(11-9-22)12-13-28-17-4-3-5-17)24-21(26)20-14-16-6-7-18(27-2)15-19(16)23-20/h6-7,14-15,17,23H,3-5,8-13H2,1-2H3,(H,24,26). The number of likely N-dealkylation sites (tertiary alicyclic amines) is 1. The maximum Gasteiger partial charge on any atom is 0.268 e. The third kappa shape index (κ3) is 4.33. The highest BCUT2D eigenvalue weighted by Crippen LogP contribution is 2.25. The Morgan fingerprint density at radius 3 is 2.75 bits per heavy atom. The first-order valence-corrected chi connectivity index (χ1v) is 10.4. The number of benzene rings is 1. The number of nitrogens with one attached hydrogen (secondary N) is 2. The number of methoxy groups -OCH3 is 1. The molecule has 1 aliphatic heterocycles. The molecule has 0 unspecified atom stereocenters. The average Bonchev–Trinajstić information content (AvgIpc) is 3.08. The Morgan fingerprint density at radius 2 is 2.07 bits per heavy atom. The molecule has 1 saturated carbocycles. The van der Waals surface area contributed by atoms with Gasteiger partial charge in [-0.25, -0.2) is 0 Å². The van der Waals surface area contributed by atoms with E-state index in [2.05, 4.69) is 22.1 Å². The van der Waals surface area contributed by atoms with Crippen molar-refractivity contribution in [2.24, 2.45) is 0 Å². The van der Waals surface area contributed by atoms with Gasteiger partial charge in [-0.3, -0.25) is 4.79 Å². The molecule has 6 nitrogen and oxygen atoms in total. The molecular formula is C22H31N3O3. The molecule has 1 aromatic carbocycles. The minimum atomic E-state index is -0.169. The molecule has 2 fully saturated rings. The van der Waals surface area contributed by atoms with Crippen molar-refractivity contribution in [1.82, 2.24) is 15.2 Å². The highest BCUT2D eigenvalue weighted by molar-refractivity contribution is 5.98. The van der Waals surface area contributed by atoms with Crippen LogP contribution in [-0.4, -0.2) is 60.8 Å². The molecule has 6 heteroatoms. The summed E-state index contributed by atoms with van der Waals surface area (Å²) >= 11 is 0. The highest BCUT2D eigenvalue weighted by atomic mass is 16.5. The zero-order valence-electron chi connectivity index (χ0n) is 16.9. The summed E-state index contributed by atoms with van der Waals surface area (Å²) in [5, 5.41) is 4.27. The summed E-state index contributed by atoms with van der Waals surface area (Å²) in [6, 6.07) is 7.69. The van der Waals surface area contributed by atoms with E-state index in [4.69, 9.17) is 9.47 Å². The monoisotopic (exact) mass is 385 g/mol. The van der Waals surface area contributed by atoms with Gasteiger partial charge >= 0.3 is 0 Å². The number of fused-ring (bicyclic) bond motifs is 1. The van der Waals surface area contributed by atoms with Gasteiger partial charge in [-0.1, -0.05) is 0 Å². The molecule has 2 aliphatic rings. The van der Waals surface area contributed by atoms with Crippen molar-refractivity contribution in [3.8, 4) is 5.75 Å². The largest absolute Gasteiger partial charge is 0.497 e. The second-order valence-electron chi connectivity index (χ2n) is 8.42. The Balaban J connectivity index is 1.29. The Bertz CT molecular complexity index is 820. The van der Waals surface area contributed by atoms with E-state index in [0.29, 0.717) is 11.8 Å². The molecule has 0 atom stereocenters. The topological polar surface area (TPSA) is 66.6 Å². The number of carbonyl (C=O) groups is 1. The molecule has 1 aromatic heterocycles. The lowest BCUT2D eigenvalue weighted by atomic mass is 9.89. The van der Waals surface area contributed by atoms with Gasteiger partial charge in [-0.05, 0) is 57.2 Å². The number of H-pyrrole nitrogens is 1. The molecule has 1 aliphatic carbocycles. The van der Waals surface area contributed by atoms with Gasteiger partial charge in [0.1, 0.15) is 11.4 Å². The first-order chi connectivity index (χ1) is 13.5. The van der Waals surface area contributed by atoms with E-state index in [9.17, 15) is 4.79 Å². The molecule has 28 heavy (non-hydrogen) atoms. The third-order valence-corrected chi connectivity index (χ3v) is 6.26. The summed E-state index contributed by atoms with van der Waals surface area (Å²) in [7, 11) is 1.64. The van der Waals surface area contributed by atoms with Crippen molar-refractivity contribution in [2.75, 3.05) is 33.4 Å². The fourth-order valence-electron chi connectivity index (χ4n) is 3.98. The molecule has 152 valence electrons.